The van der Waals surface area contributed by atoms with Crippen LogP contribution in [0.4, 0.5) is 0 Å². The fraction of sp³-hybridized carbons (Fsp3) is 0.208. The van der Waals surface area contributed by atoms with Crippen molar-refractivity contribution in [3.05, 3.63) is 90.0 Å². The lowest BCUT2D eigenvalue weighted by Gasteiger charge is -2.40. The van der Waals surface area contributed by atoms with Crippen molar-refractivity contribution in [2.45, 2.75) is 18.4 Å². The average Bonchev–Trinajstić information content (AvgIpc) is 2.70. The van der Waals surface area contributed by atoms with Crippen LogP contribution in [0.1, 0.15) is 17.5 Å². The predicted molar refractivity (Wildman–Crippen MR) is 107 cm³/mol. The number of carboxylic acids is 1. The van der Waals surface area contributed by atoms with Crippen LogP contribution in [-0.4, -0.2) is 24.3 Å². The summed E-state index contributed by atoms with van der Waals surface area (Å²) in [5.74, 6) is -0.0403. The molecule has 3 aromatic carbocycles. The van der Waals surface area contributed by atoms with Crippen LogP contribution in [0, 0.1) is 0 Å². The van der Waals surface area contributed by atoms with Gasteiger partial charge in [-0.2, -0.15) is 0 Å². The van der Waals surface area contributed by atoms with Gasteiger partial charge in [0.25, 0.3) is 0 Å². The molecule has 0 atom stereocenters. The second kappa shape index (κ2) is 7.87. The van der Waals surface area contributed by atoms with Crippen LogP contribution >= 0.6 is 0 Å². The van der Waals surface area contributed by atoms with Gasteiger partial charge < -0.3 is 14.6 Å². The Hall–Kier alpha value is -3.11. The highest BCUT2D eigenvalue weighted by atomic mass is 16.5. The molecule has 0 radical (unpaired) electrons. The zero-order valence-corrected chi connectivity index (χ0v) is 15.5. The molecule has 142 valence electrons. The van der Waals surface area contributed by atoms with Crippen LogP contribution in [0.2, 0.25) is 0 Å². The molecule has 0 unspecified atom stereocenters. The van der Waals surface area contributed by atoms with E-state index in [2.05, 4.69) is 24.3 Å². The molecule has 3 aromatic rings. The maximum Gasteiger partial charge on any atom is 0.304 e. The van der Waals surface area contributed by atoms with Crippen molar-refractivity contribution in [3.63, 3.8) is 0 Å². The largest absolute Gasteiger partial charge is 0.489 e. The Bertz CT molecular complexity index is 944. The summed E-state index contributed by atoms with van der Waals surface area (Å²) in [6, 6.07) is 26.3. The van der Waals surface area contributed by atoms with Gasteiger partial charge in [-0.1, -0.05) is 60.7 Å². The zero-order valence-electron chi connectivity index (χ0n) is 15.5. The van der Waals surface area contributed by atoms with Gasteiger partial charge in [0, 0.05) is 0 Å². The molecule has 4 heteroatoms. The molecule has 1 heterocycles. The standard InChI is InChI=1S/C24H22O4/c25-23(26)14-24(16-27-17-24)21-9-11-22(12-10-21)28-15-18-5-4-8-20(13-18)19-6-2-1-3-7-19/h1-13H,14-17H2,(H,25,26). The fourth-order valence-corrected chi connectivity index (χ4v) is 3.55. The minimum Gasteiger partial charge on any atom is -0.489 e. The van der Waals surface area contributed by atoms with Gasteiger partial charge in [0.2, 0.25) is 0 Å². The monoisotopic (exact) mass is 374 g/mol. The molecule has 0 saturated carbocycles. The lowest BCUT2D eigenvalue weighted by atomic mass is 9.76. The molecule has 0 bridgehead atoms. The average molecular weight is 374 g/mol. The first-order chi connectivity index (χ1) is 13.6. The topological polar surface area (TPSA) is 55.8 Å². The molecule has 0 spiro atoms. The summed E-state index contributed by atoms with van der Waals surface area (Å²) < 4.78 is 11.2. The first kappa shape index (κ1) is 18.3. The Morgan fingerprint density at radius 2 is 1.64 bits per heavy atom. The summed E-state index contributed by atoms with van der Waals surface area (Å²) in [6.07, 6.45) is 0.0828. The van der Waals surface area contributed by atoms with Gasteiger partial charge in [0.05, 0.1) is 25.0 Å². The number of carboxylic acid groups (broad SMARTS) is 1. The molecule has 1 fully saturated rings. The van der Waals surface area contributed by atoms with E-state index < -0.39 is 11.4 Å². The van der Waals surface area contributed by atoms with E-state index in [4.69, 9.17) is 14.6 Å². The van der Waals surface area contributed by atoms with Crippen molar-refractivity contribution < 1.29 is 19.4 Å². The summed E-state index contributed by atoms with van der Waals surface area (Å²) in [5, 5.41) is 9.16. The van der Waals surface area contributed by atoms with Gasteiger partial charge in [0.15, 0.2) is 0 Å². The first-order valence-electron chi connectivity index (χ1n) is 9.32. The third kappa shape index (κ3) is 3.92. The molecule has 28 heavy (non-hydrogen) atoms. The van der Waals surface area contributed by atoms with Crippen molar-refractivity contribution >= 4 is 5.97 Å². The molecule has 0 aromatic heterocycles. The molecule has 4 rings (SSSR count). The molecule has 0 amide bonds. The molecule has 4 nitrogen and oxygen atoms in total. The maximum atomic E-state index is 11.2. The number of carbonyl (C=O) groups is 1. The van der Waals surface area contributed by atoms with Crippen molar-refractivity contribution in [2.24, 2.45) is 0 Å². The Morgan fingerprint density at radius 1 is 0.929 bits per heavy atom. The summed E-state index contributed by atoms with van der Waals surface area (Å²) in [5.41, 5.74) is 4.02. The maximum absolute atomic E-state index is 11.2. The van der Waals surface area contributed by atoms with Gasteiger partial charge in [-0.15, -0.1) is 0 Å². The quantitative estimate of drug-likeness (QED) is 0.653. The van der Waals surface area contributed by atoms with Crippen molar-refractivity contribution in [1.82, 2.24) is 0 Å². The van der Waals surface area contributed by atoms with Gasteiger partial charge >= 0.3 is 5.97 Å². The molecular formula is C24H22O4. The number of benzene rings is 3. The normalized spacial score (nSPS) is 14.9. The molecule has 1 saturated heterocycles. The van der Waals surface area contributed by atoms with Crippen LogP contribution in [0.15, 0.2) is 78.9 Å². The SMILES string of the molecule is O=C(O)CC1(c2ccc(OCc3cccc(-c4ccccc4)c3)cc2)COC1. The minimum absolute atomic E-state index is 0.0828. The minimum atomic E-state index is -0.804. The molecule has 1 aliphatic rings. The van der Waals surface area contributed by atoms with E-state index >= 15 is 0 Å². The van der Waals surface area contributed by atoms with E-state index in [-0.39, 0.29) is 6.42 Å². The molecular weight excluding hydrogens is 352 g/mol. The van der Waals surface area contributed by atoms with E-state index in [1.807, 2.05) is 54.6 Å². The van der Waals surface area contributed by atoms with Gasteiger partial charge in [-0.25, -0.2) is 0 Å². The highest BCUT2D eigenvalue weighted by Crippen LogP contribution is 2.36. The molecule has 1 N–H and O–H groups in total. The van der Waals surface area contributed by atoms with Crippen LogP contribution in [0.5, 0.6) is 5.75 Å². The summed E-state index contributed by atoms with van der Waals surface area (Å²) in [7, 11) is 0. The van der Waals surface area contributed by atoms with E-state index in [1.165, 1.54) is 5.56 Å². The number of rotatable bonds is 7. The van der Waals surface area contributed by atoms with E-state index in [0.717, 1.165) is 22.4 Å². The zero-order chi connectivity index (χ0) is 19.4. The number of aliphatic carboxylic acids is 1. The van der Waals surface area contributed by atoms with Crippen molar-refractivity contribution in [3.8, 4) is 16.9 Å². The number of hydrogen-bond donors (Lipinski definition) is 1. The lowest BCUT2D eigenvalue weighted by molar-refractivity contribution is -0.145. The number of hydrogen-bond acceptors (Lipinski definition) is 3. The first-order valence-corrected chi connectivity index (χ1v) is 9.32. The van der Waals surface area contributed by atoms with Crippen LogP contribution < -0.4 is 4.74 Å². The second-order valence-electron chi connectivity index (χ2n) is 7.22. The highest BCUT2D eigenvalue weighted by Gasteiger charge is 2.42. The Labute approximate surface area is 164 Å². The Morgan fingerprint density at radius 3 is 2.29 bits per heavy atom. The predicted octanol–water partition coefficient (Wildman–Crippen LogP) is 4.68. The lowest BCUT2D eigenvalue weighted by Crippen LogP contribution is -2.48. The Balaban J connectivity index is 1.43. The summed E-state index contributed by atoms with van der Waals surface area (Å²) in [4.78, 5) is 11.2. The van der Waals surface area contributed by atoms with Crippen molar-refractivity contribution in [2.75, 3.05) is 13.2 Å². The third-order valence-electron chi connectivity index (χ3n) is 5.15. The van der Waals surface area contributed by atoms with Crippen molar-refractivity contribution in [1.29, 1.82) is 0 Å². The van der Waals surface area contributed by atoms with Crippen LogP contribution in [-0.2, 0) is 21.6 Å². The van der Waals surface area contributed by atoms with Gasteiger partial charge in [0.1, 0.15) is 12.4 Å². The van der Waals surface area contributed by atoms with Gasteiger partial charge in [-0.05, 0) is 40.5 Å². The highest BCUT2D eigenvalue weighted by molar-refractivity contribution is 5.69. The van der Waals surface area contributed by atoms with Gasteiger partial charge in [-0.3, -0.25) is 4.79 Å². The number of ether oxygens (including phenoxy) is 2. The Kier molecular flexibility index (Phi) is 5.13. The van der Waals surface area contributed by atoms with E-state index in [9.17, 15) is 4.79 Å². The third-order valence-corrected chi connectivity index (χ3v) is 5.15. The summed E-state index contributed by atoms with van der Waals surface area (Å²) in [6.45, 7) is 1.38. The fourth-order valence-electron chi connectivity index (χ4n) is 3.55. The smallest absolute Gasteiger partial charge is 0.304 e. The second-order valence-corrected chi connectivity index (χ2v) is 7.22. The molecule has 0 aliphatic carbocycles. The van der Waals surface area contributed by atoms with Crippen LogP contribution in [0.25, 0.3) is 11.1 Å². The van der Waals surface area contributed by atoms with E-state index in [1.54, 1.807) is 0 Å². The van der Waals surface area contributed by atoms with Crippen LogP contribution in [0.3, 0.4) is 0 Å². The molecule has 1 aliphatic heterocycles. The summed E-state index contributed by atoms with van der Waals surface area (Å²) >= 11 is 0. The van der Waals surface area contributed by atoms with E-state index in [0.29, 0.717) is 19.8 Å².